The number of Topliss-reactive ketones (excluding diaryl/α,β-unsaturated/α-hetero) is 1. The lowest BCUT2D eigenvalue weighted by Crippen LogP contribution is -2.07. The van der Waals surface area contributed by atoms with Gasteiger partial charge in [0.15, 0.2) is 0 Å². The van der Waals surface area contributed by atoms with Crippen LogP contribution < -0.4 is 0 Å². The molecule has 0 N–H and O–H groups in total. The number of carbonyl (C=O) groups excluding carboxylic acids is 1. The van der Waals surface area contributed by atoms with Crippen LogP contribution in [0.25, 0.3) is 0 Å². The second-order valence-electron chi connectivity index (χ2n) is 3.88. The third kappa shape index (κ3) is 6.11. The zero-order chi connectivity index (χ0) is 10.2. The maximum atomic E-state index is 11.3. The Kier molecular flexibility index (Phi) is 5.80. The number of ether oxygens (including phenoxy) is 2. The molecule has 3 nitrogen and oxygen atoms in total. The van der Waals surface area contributed by atoms with E-state index in [1.54, 1.807) is 7.11 Å². The van der Waals surface area contributed by atoms with Crippen molar-refractivity contribution in [2.45, 2.75) is 32.1 Å². The van der Waals surface area contributed by atoms with Crippen molar-refractivity contribution in [2.75, 3.05) is 26.9 Å². The highest BCUT2D eigenvalue weighted by Crippen LogP contribution is 2.33. The molecule has 1 aliphatic carbocycles. The van der Waals surface area contributed by atoms with Gasteiger partial charge in [0.05, 0.1) is 19.8 Å². The van der Waals surface area contributed by atoms with Crippen LogP contribution in [0.2, 0.25) is 0 Å². The fourth-order valence-corrected chi connectivity index (χ4v) is 1.33. The van der Waals surface area contributed by atoms with Gasteiger partial charge in [0.25, 0.3) is 0 Å². The predicted molar refractivity (Wildman–Crippen MR) is 54.3 cm³/mol. The minimum absolute atomic E-state index is 0.342. The lowest BCUT2D eigenvalue weighted by molar-refractivity contribution is -0.120. The van der Waals surface area contributed by atoms with Gasteiger partial charge in [0.1, 0.15) is 5.78 Å². The quantitative estimate of drug-likeness (QED) is 0.532. The Labute approximate surface area is 85.8 Å². The van der Waals surface area contributed by atoms with Crippen molar-refractivity contribution in [1.29, 1.82) is 0 Å². The lowest BCUT2D eigenvalue weighted by atomic mass is 10.1. The zero-order valence-corrected chi connectivity index (χ0v) is 8.96. The van der Waals surface area contributed by atoms with Gasteiger partial charge < -0.3 is 9.47 Å². The summed E-state index contributed by atoms with van der Waals surface area (Å²) in [5, 5.41) is 0. The first-order valence-electron chi connectivity index (χ1n) is 5.41. The number of rotatable bonds is 9. The number of carbonyl (C=O) groups is 1. The van der Waals surface area contributed by atoms with Gasteiger partial charge in [-0.05, 0) is 12.3 Å². The number of methoxy groups -OCH3 is 1. The van der Waals surface area contributed by atoms with Crippen molar-refractivity contribution in [3.63, 3.8) is 0 Å². The summed E-state index contributed by atoms with van der Waals surface area (Å²) in [5.74, 6) is 1.20. The van der Waals surface area contributed by atoms with Crippen LogP contribution in [-0.2, 0) is 14.3 Å². The second kappa shape index (κ2) is 6.96. The maximum Gasteiger partial charge on any atom is 0.135 e. The fourth-order valence-electron chi connectivity index (χ4n) is 1.33. The zero-order valence-electron chi connectivity index (χ0n) is 8.96. The predicted octanol–water partition coefficient (Wildman–Crippen LogP) is 1.80. The molecule has 3 heteroatoms. The largest absolute Gasteiger partial charge is 0.382 e. The molecule has 1 fully saturated rings. The van der Waals surface area contributed by atoms with Crippen molar-refractivity contribution >= 4 is 5.78 Å². The van der Waals surface area contributed by atoms with Crippen LogP contribution in [0.15, 0.2) is 0 Å². The number of hydrogen-bond donors (Lipinski definition) is 0. The van der Waals surface area contributed by atoms with Crippen molar-refractivity contribution in [3.8, 4) is 0 Å². The molecular weight excluding hydrogens is 180 g/mol. The molecule has 0 atom stereocenters. The van der Waals surface area contributed by atoms with Gasteiger partial charge in [0.2, 0.25) is 0 Å². The summed E-state index contributed by atoms with van der Waals surface area (Å²) in [4.78, 5) is 11.3. The van der Waals surface area contributed by atoms with E-state index in [1.165, 1.54) is 12.8 Å². The van der Waals surface area contributed by atoms with Crippen molar-refractivity contribution < 1.29 is 14.3 Å². The van der Waals surface area contributed by atoms with Gasteiger partial charge in [0, 0.05) is 20.0 Å². The van der Waals surface area contributed by atoms with E-state index in [1.807, 2.05) is 0 Å². The topological polar surface area (TPSA) is 35.5 Å². The SMILES string of the molecule is COCCOCCC(=O)CCC1CC1. The first kappa shape index (κ1) is 11.7. The smallest absolute Gasteiger partial charge is 0.135 e. The minimum Gasteiger partial charge on any atom is -0.382 e. The fraction of sp³-hybridized carbons (Fsp3) is 0.909. The molecule has 0 radical (unpaired) electrons. The van der Waals surface area contributed by atoms with Gasteiger partial charge in [-0.3, -0.25) is 4.79 Å². The van der Waals surface area contributed by atoms with E-state index in [2.05, 4.69) is 0 Å². The summed E-state index contributed by atoms with van der Waals surface area (Å²) < 4.78 is 10.0. The summed E-state index contributed by atoms with van der Waals surface area (Å²) in [6, 6.07) is 0. The number of hydrogen-bond acceptors (Lipinski definition) is 3. The molecule has 0 aromatic carbocycles. The molecule has 1 saturated carbocycles. The Morgan fingerprint density at radius 1 is 1.21 bits per heavy atom. The van der Waals surface area contributed by atoms with Gasteiger partial charge in [-0.15, -0.1) is 0 Å². The van der Waals surface area contributed by atoms with Crippen molar-refractivity contribution in [1.82, 2.24) is 0 Å². The molecule has 0 aliphatic heterocycles. The normalized spacial score (nSPS) is 15.8. The monoisotopic (exact) mass is 200 g/mol. The van der Waals surface area contributed by atoms with Crippen molar-refractivity contribution in [2.24, 2.45) is 5.92 Å². The van der Waals surface area contributed by atoms with Crippen LogP contribution in [-0.4, -0.2) is 32.7 Å². The molecule has 0 saturated heterocycles. The van der Waals surface area contributed by atoms with E-state index in [9.17, 15) is 4.79 Å². The maximum absolute atomic E-state index is 11.3. The second-order valence-corrected chi connectivity index (χ2v) is 3.88. The molecule has 0 spiro atoms. The minimum atomic E-state index is 0.342. The third-order valence-corrected chi connectivity index (χ3v) is 2.49. The third-order valence-electron chi connectivity index (χ3n) is 2.49. The van der Waals surface area contributed by atoms with Gasteiger partial charge in [-0.1, -0.05) is 12.8 Å². The first-order valence-corrected chi connectivity index (χ1v) is 5.41. The highest BCUT2D eigenvalue weighted by atomic mass is 16.5. The molecular formula is C11H20O3. The van der Waals surface area contributed by atoms with E-state index in [0.29, 0.717) is 32.0 Å². The molecule has 1 aliphatic rings. The summed E-state index contributed by atoms with van der Waals surface area (Å²) >= 11 is 0. The van der Waals surface area contributed by atoms with Crippen LogP contribution in [0.1, 0.15) is 32.1 Å². The van der Waals surface area contributed by atoms with E-state index in [0.717, 1.165) is 18.8 Å². The van der Waals surface area contributed by atoms with E-state index < -0.39 is 0 Å². The van der Waals surface area contributed by atoms with Crippen LogP contribution in [0, 0.1) is 5.92 Å². The Bertz CT molecular complexity index is 164. The van der Waals surface area contributed by atoms with E-state index >= 15 is 0 Å². The Hall–Kier alpha value is -0.410. The molecule has 82 valence electrons. The summed E-state index contributed by atoms with van der Waals surface area (Å²) in [6.07, 6.45) is 5.07. The lowest BCUT2D eigenvalue weighted by Gasteiger charge is -2.02. The first-order chi connectivity index (χ1) is 6.83. The van der Waals surface area contributed by atoms with Gasteiger partial charge in [-0.2, -0.15) is 0 Å². The Balaban J connectivity index is 1.81. The molecule has 0 heterocycles. The van der Waals surface area contributed by atoms with Crippen LogP contribution in [0.3, 0.4) is 0 Å². The van der Waals surface area contributed by atoms with E-state index in [4.69, 9.17) is 9.47 Å². The average molecular weight is 200 g/mol. The van der Waals surface area contributed by atoms with Crippen LogP contribution >= 0.6 is 0 Å². The highest BCUT2D eigenvalue weighted by Gasteiger charge is 2.21. The summed E-state index contributed by atoms with van der Waals surface area (Å²) in [5.41, 5.74) is 0. The Morgan fingerprint density at radius 3 is 2.64 bits per heavy atom. The molecule has 0 aromatic heterocycles. The molecule has 0 bridgehead atoms. The highest BCUT2D eigenvalue weighted by molar-refractivity contribution is 5.78. The molecule has 14 heavy (non-hydrogen) atoms. The average Bonchev–Trinajstić information content (AvgIpc) is 2.98. The van der Waals surface area contributed by atoms with Crippen LogP contribution in [0.4, 0.5) is 0 Å². The van der Waals surface area contributed by atoms with Crippen LogP contribution in [0.5, 0.6) is 0 Å². The molecule has 0 unspecified atom stereocenters. The van der Waals surface area contributed by atoms with E-state index in [-0.39, 0.29) is 0 Å². The number of ketones is 1. The molecule has 0 amide bonds. The molecule has 1 rings (SSSR count). The van der Waals surface area contributed by atoms with Crippen molar-refractivity contribution in [3.05, 3.63) is 0 Å². The van der Waals surface area contributed by atoms with Gasteiger partial charge in [-0.25, -0.2) is 0 Å². The summed E-state index contributed by atoms with van der Waals surface area (Å²) in [6.45, 7) is 1.75. The Morgan fingerprint density at radius 2 is 2.00 bits per heavy atom. The van der Waals surface area contributed by atoms with Gasteiger partial charge >= 0.3 is 0 Å². The molecule has 0 aromatic rings. The standard InChI is InChI=1S/C11H20O3/c1-13-8-9-14-7-6-11(12)5-4-10-2-3-10/h10H,2-9H2,1H3. The summed E-state index contributed by atoms with van der Waals surface area (Å²) in [7, 11) is 1.64.